The van der Waals surface area contributed by atoms with Gasteiger partial charge in [0.05, 0.1) is 5.75 Å². The molecule has 116 valence electrons. The number of rotatable bonds is 7. The normalized spacial score (nSPS) is 18.8. The van der Waals surface area contributed by atoms with Gasteiger partial charge < -0.3 is 9.80 Å². The van der Waals surface area contributed by atoms with Crippen molar-refractivity contribution in [3.05, 3.63) is 34.9 Å². The predicted octanol–water partition coefficient (Wildman–Crippen LogP) is 3.65. The smallest absolute Gasteiger partial charge is 0.233 e. The molecule has 1 heterocycles. The topological polar surface area (TPSA) is 23.6 Å². The molecule has 3 nitrogen and oxygen atoms in total. The zero-order valence-corrected chi connectivity index (χ0v) is 14.3. The number of hydrogen-bond donors (Lipinski definition) is 0. The molecule has 0 aromatic heterocycles. The highest BCUT2D eigenvalue weighted by molar-refractivity contribution is 8.00. The zero-order valence-electron chi connectivity index (χ0n) is 12.7. The molecule has 1 aromatic carbocycles. The van der Waals surface area contributed by atoms with Gasteiger partial charge >= 0.3 is 0 Å². The number of nitrogens with zero attached hydrogens (tertiary/aromatic N) is 2. The molecular weight excluding hydrogens is 304 g/mol. The average Bonchev–Trinajstić information content (AvgIpc) is 2.85. The van der Waals surface area contributed by atoms with Gasteiger partial charge in [-0.2, -0.15) is 0 Å². The van der Waals surface area contributed by atoms with Crippen LogP contribution >= 0.6 is 23.4 Å². The standard InChI is InChI=1S/C16H23ClN2OS/c1-3-18(4-2)9-6-10-19-15(20)12-21-16(19)13-7-5-8-14(17)11-13/h5,7-8,11,16H,3-4,6,9-10,12H2,1-2H3. The first-order chi connectivity index (χ1) is 10.2. The molecule has 1 fully saturated rings. The van der Waals surface area contributed by atoms with Crippen molar-refractivity contribution >= 4 is 29.3 Å². The van der Waals surface area contributed by atoms with Crippen LogP contribution in [0.3, 0.4) is 0 Å². The first kappa shape index (κ1) is 16.7. The highest BCUT2D eigenvalue weighted by Gasteiger charge is 2.32. The molecule has 21 heavy (non-hydrogen) atoms. The summed E-state index contributed by atoms with van der Waals surface area (Å²) in [5, 5.41) is 0.850. The van der Waals surface area contributed by atoms with Gasteiger partial charge in [0.2, 0.25) is 5.91 Å². The van der Waals surface area contributed by atoms with Gasteiger partial charge in [0, 0.05) is 11.6 Å². The van der Waals surface area contributed by atoms with E-state index in [9.17, 15) is 4.79 Å². The second kappa shape index (κ2) is 8.06. The summed E-state index contributed by atoms with van der Waals surface area (Å²) in [5.74, 6) is 0.812. The lowest BCUT2D eigenvalue weighted by Crippen LogP contribution is -2.32. The molecule has 1 amide bonds. The monoisotopic (exact) mass is 326 g/mol. The van der Waals surface area contributed by atoms with Crippen molar-refractivity contribution in [2.75, 3.05) is 31.9 Å². The molecule has 2 rings (SSSR count). The molecule has 0 N–H and O–H groups in total. The summed E-state index contributed by atoms with van der Waals surface area (Å²) in [6.45, 7) is 8.35. The Balaban J connectivity index is 1.97. The molecule has 0 bridgehead atoms. The third-order valence-electron chi connectivity index (χ3n) is 3.87. The largest absolute Gasteiger partial charge is 0.326 e. The van der Waals surface area contributed by atoms with Crippen LogP contribution in [0.2, 0.25) is 5.02 Å². The van der Waals surface area contributed by atoms with Gasteiger partial charge in [0.15, 0.2) is 0 Å². The number of halogens is 1. The quantitative estimate of drug-likeness (QED) is 0.764. The second-order valence-corrected chi connectivity index (χ2v) is 6.69. The van der Waals surface area contributed by atoms with E-state index in [1.807, 2.05) is 23.1 Å². The van der Waals surface area contributed by atoms with Gasteiger partial charge in [-0.3, -0.25) is 4.79 Å². The Hall–Kier alpha value is -0.710. The van der Waals surface area contributed by atoms with E-state index >= 15 is 0 Å². The van der Waals surface area contributed by atoms with Crippen molar-refractivity contribution in [1.29, 1.82) is 0 Å². The number of carbonyl (C=O) groups excluding carboxylic acids is 1. The van der Waals surface area contributed by atoms with Gasteiger partial charge in [-0.25, -0.2) is 0 Å². The van der Waals surface area contributed by atoms with Gasteiger partial charge in [0.1, 0.15) is 5.37 Å². The number of benzene rings is 1. The molecule has 0 radical (unpaired) electrons. The first-order valence-electron chi connectivity index (χ1n) is 7.54. The summed E-state index contributed by atoms with van der Waals surface area (Å²) in [6, 6.07) is 7.85. The second-order valence-electron chi connectivity index (χ2n) is 5.19. The Morgan fingerprint density at radius 2 is 2.14 bits per heavy atom. The third-order valence-corrected chi connectivity index (χ3v) is 5.36. The fourth-order valence-corrected chi connectivity index (χ4v) is 4.04. The molecule has 0 spiro atoms. The van der Waals surface area contributed by atoms with Gasteiger partial charge in [-0.15, -0.1) is 11.8 Å². The Labute approximate surface area is 136 Å². The summed E-state index contributed by atoms with van der Waals surface area (Å²) >= 11 is 7.77. The summed E-state index contributed by atoms with van der Waals surface area (Å²) in [6.07, 6.45) is 1.02. The maximum absolute atomic E-state index is 12.1. The lowest BCUT2D eigenvalue weighted by atomic mass is 10.2. The molecule has 1 unspecified atom stereocenters. The lowest BCUT2D eigenvalue weighted by molar-refractivity contribution is -0.128. The van der Waals surface area contributed by atoms with Crippen molar-refractivity contribution in [1.82, 2.24) is 9.80 Å². The van der Waals surface area contributed by atoms with Crippen LogP contribution in [-0.4, -0.2) is 47.6 Å². The van der Waals surface area contributed by atoms with Gasteiger partial charge in [-0.1, -0.05) is 37.6 Å². The van der Waals surface area contributed by atoms with E-state index in [-0.39, 0.29) is 11.3 Å². The summed E-state index contributed by atoms with van der Waals surface area (Å²) in [7, 11) is 0. The van der Waals surface area contributed by atoms with E-state index in [1.165, 1.54) is 0 Å². The predicted molar refractivity (Wildman–Crippen MR) is 90.8 cm³/mol. The molecule has 0 aliphatic carbocycles. The molecule has 1 aliphatic rings. The fourth-order valence-electron chi connectivity index (χ4n) is 2.64. The molecule has 1 aliphatic heterocycles. The van der Waals surface area contributed by atoms with Crippen molar-refractivity contribution in [2.45, 2.75) is 25.6 Å². The summed E-state index contributed by atoms with van der Waals surface area (Å²) < 4.78 is 0. The fraction of sp³-hybridized carbons (Fsp3) is 0.562. The Bertz CT molecular complexity index is 479. The van der Waals surface area contributed by atoms with E-state index in [1.54, 1.807) is 11.8 Å². The summed E-state index contributed by atoms with van der Waals surface area (Å²) in [4.78, 5) is 16.5. The lowest BCUT2D eigenvalue weighted by Gasteiger charge is -2.26. The summed E-state index contributed by atoms with van der Waals surface area (Å²) in [5.41, 5.74) is 1.13. The van der Waals surface area contributed by atoms with Crippen LogP contribution in [0.1, 0.15) is 31.2 Å². The zero-order chi connectivity index (χ0) is 15.2. The van der Waals surface area contributed by atoms with E-state index in [0.717, 1.165) is 43.2 Å². The van der Waals surface area contributed by atoms with E-state index in [4.69, 9.17) is 11.6 Å². The Kier molecular flexibility index (Phi) is 6.40. The van der Waals surface area contributed by atoms with Gasteiger partial charge in [0.25, 0.3) is 0 Å². The van der Waals surface area contributed by atoms with Crippen molar-refractivity contribution in [3.63, 3.8) is 0 Å². The third kappa shape index (κ3) is 4.38. The van der Waals surface area contributed by atoms with Crippen LogP contribution < -0.4 is 0 Å². The maximum Gasteiger partial charge on any atom is 0.233 e. The van der Waals surface area contributed by atoms with Crippen LogP contribution in [0, 0.1) is 0 Å². The molecular formula is C16H23ClN2OS. The molecule has 0 saturated carbocycles. The Morgan fingerprint density at radius 3 is 2.81 bits per heavy atom. The van der Waals surface area contributed by atoms with E-state index in [2.05, 4.69) is 24.8 Å². The van der Waals surface area contributed by atoms with Crippen molar-refractivity contribution < 1.29 is 4.79 Å². The minimum absolute atomic E-state index is 0.118. The number of hydrogen-bond acceptors (Lipinski definition) is 3. The van der Waals surface area contributed by atoms with E-state index < -0.39 is 0 Å². The van der Waals surface area contributed by atoms with Crippen LogP contribution in [0.4, 0.5) is 0 Å². The maximum atomic E-state index is 12.1. The molecule has 1 aromatic rings. The van der Waals surface area contributed by atoms with Crippen LogP contribution in [0.15, 0.2) is 24.3 Å². The minimum atomic E-state index is 0.118. The Morgan fingerprint density at radius 1 is 1.38 bits per heavy atom. The number of carbonyl (C=O) groups is 1. The van der Waals surface area contributed by atoms with Gasteiger partial charge in [-0.05, 0) is 43.8 Å². The average molecular weight is 327 g/mol. The number of amides is 1. The molecule has 5 heteroatoms. The molecule has 1 atom stereocenters. The first-order valence-corrected chi connectivity index (χ1v) is 8.97. The van der Waals surface area contributed by atoms with Crippen molar-refractivity contribution in [2.24, 2.45) is 0 Å². The minimum Gasteiger partial charge on any atom is -0.326 e. The highest BCUT2D eigenvalue weighted by Crippen LogP contribution is 2.39. The SMILES string of the molecule is CCN(CC)CCCN1C(=O)CSC1c1cccc(Cl)c1. The van der Waals surface area contributed by atoms with Crippen LogP contribution in [-0.2, 0) is 4.79 Å². The van der Waals surface area contributed by atoms with Crippen molar-refractivity contribution in [3.8, 4) is 0 Å². The van der Waals surface area contributed by atoms with Crippen LogP contribution in [0.25, 0.3) is 0 Å². The highest BCUT2D eigenvalue weighted by atomic mass is 35.5. The number of thioether (sulfide) groups is 1. The van der Waals surface area contributed by atoms with Crippen LogP contribution in [0.5, 0.6) is 0 Å². The molecule has 1 saturated heterocycles. The van der Waals surface area contributed by atoms with E-state index in [0.29, 0.717) is 5.75 Å².